The van der Waals surface area contributed by atoms with E-state index in [1.54, 1.807) is 29.9 Å². The van der Waals surface area contributed by atoms with Crippen molar-refractivity contribution in [2.45, 2.75) is 18.9 Å². The van der Waals surface area contributed by atoms with Crippen LogP contribution in [0.4, 0.5) is 0 Å². The van der Waals surface area contributed by atoms with Gasteiger partial charge in [0.1, 0.15) is 16.9 Å². The van der Waals surface area contributed by atoms with Gasteiger partial charge in [0.15, 0.2) is 0 Å². The molecule has 2 amide bonds. The van der Waals surface area contributed by atoms with Crippen molar-refractivity contribution < 1.29 is 9.59 Å². The number of carbonyl (C=O) groups is 2. The Morgan fingerprint density at radius 1 is 1.19 bits per heavy atom. The van der Waals surface area contributed by atoms with Crippen molar-refractivity contribution in [1.82, 2.24) is 29.8 Å². The van der Waals surface area contributed by atoms with E-state index in [1.165, 1.54) is 11.3 Å². The minimum atomic E-state index is -0.0168. The molecule has 3 aromatic heterocycles. The molecule has 1 saturated heterocycles. The van der Waals surface area contributed by atoms with Crippen LogP contribution in [0.5, 0.6) is 0 Å². The van der Waals surface area contributed by atoms with E-state index in [4.69, 9.17) is 0 Å². The van der Waals surface area contributed by atoms with E-state index in [0.29, 0.717) is 13.1 Å². The average Bonchev–Trinajstić information content (AvgIpc) is 3.49. The lowest BCUT2D eigenvalue weighted by Crippen LogP contribution is -2.32. The van der Waals surface area contributed by atoms with Crippen LogP contribution in [0.25, 0.3) is 21.3 Å². The van der Waals surface area contributed by atoms with Crippen molar-refractivity contribution in [2.75, 3.05) is 27.2 Å². The number of pyridine rings is 1. The molecule has 5 rings (SSSR count). The van der Waals surface area contributed by atoms with E-state index in [0.717, 1.165) is 38.1 Å². The normalized spacial score (nSPS) is 16.3. The first kappa shape index (κ1) is 19.6. The van der Waals surface area contributed by atoms with Gasteiger partial charge >= 0.3 is 0 Å². The van der Waals surface area contributed by atoms with E-state index in [1.807, 2.05) is 41.3 Å². The van der Waals surface area contributed by atoms with Gasteiger partial charge in [-0.15, -0.1) is 16.4 Å². The molecule has 1 aliphatic heterocycles. The maximum absolute atomic E-state index is 13.0. The number of benzene rings is 1. The van der Waals surface area contributed by atoms with Crippen LogP contribution in [0, 0.1) is 0 Å². The van der Waals surface area contributed by atoms with Crippen molar-refractivity contribution in [2.24, 2.45) is 0 Å². The van der Waals surface area contributed by atoms with Crippen LogP contribution in [0.1, 0.15) is 27.6 Å². The van der Waals surface area contributed by atoms with Crippen LogP contribution >= 0.6 is 11.3 Å². The molecular weight excluding hydrogens is 412 g/mol. The highest BCUT2D eigenvalue weighted by atomic mass is 32.1. The minimum absolute atomic E-state index is 0.0105. The number of hydrogen-bond acceptors (Lipinski definition) is 6. The number of likely N-dealkylation sites (tertiary alicyclic amines) is 1. The lowest BCUT2D eigenvalue weighted by Gasteiger charge is -2.18. The molecular formula is C22H22N6O2S. The molecule has 0 spiro atoms. The predicted octanol–water partition coefficient (Wildman–Crippen LogP) is 2.76. The van der Waals surface area contributed by atoms with Crippen LogP contribution in [-0.2, 0) is 11.3 Å². The zero-order valence-corrected chi connectivity index (χ0v) is 18.2. The molecule has 8 nitrogen and oxygen atoms in total. The Morgan fingerprint density at radius 3 is 2.87 bits per heavy atom. The second-order valence-electron chi connectivity index (χ2n) is 7.96. The highest BCUT2D eigenvalue weighted by Crippen LogP contribution is 2.39. The number of para-hydroxylation sites is 1. The average molecular weight is 435 g/mol. The predicted molar refractivity (Wildman–Crippen MR) is 119 cm³/mol. The quantitative estimate of drug-likeness (QED) is 0.493. The molecule has 1 unspecified atom stereocenters. The van der Waals surface area contributed by atoms with Crippen molar-refractivity contribution in [1.29, 1.82) is 0 Å². The Bertz CT molecular complexity index is 1290. The number of rotatable bonds is 4. The van der Waals surface area contributed by atoms with Crippen molar-refractivity contribution in [3.05, 3.63) is 53.0 Å². The highest BCUT2D eigenvalue weighted by Gasteiger charge is 2.33. The standard InChI is InChI=1S/C22H22N6O2S/c1-26(2)22(30)20-19(15-6-5-10-23-21(15)31-20)14-9-11-27(12-14)18(29)13-28-17-8-4-3-7-16(17)24-25-28/h3-8,10,14H,9,11-13H2,1-2H3. The molecule has 4 aromatic rings. The molecule has 9 heteroatoms. The van der Waals surface area contributed by atoms with Gasteiger partial charge in [0.2, 0.25) is 5.91 Å². The molecule has 0 bridgehead atoms. The van der Waals surface area contributed by atoms with E-state index < -0.39 is 0 Å². The number of carbonyl (C=O) groups excluding carboxylic acids is 2. The molecule has 1 aromatic carbocycles. The molecule has 158 valence electrons. The van der Waals surface area contributed by atoms with Gasteiger partial charge in [-0.1, -0.05) is 23.4 Å². The third kappa shape index (κ3) is 3.44. The van der Waals surface area contributed by atoms with Crippen LogP contribution in [0.15, 0.2) is 42.6 Å². The van der Waals surface area contributed by atoms with E-state index >= 15 is 0 Å². The van der Waals surface area contributed by atoms with Gasteiger partial charge in [-0.05, 0) is 30.2 Å². The number of hydrogen-bond donors (Lipinski definition) is 0. The van der Waals surface area contributed by atoms with Gasteiger partial charge < -0.3 is 9.80 Å². The number of aromatic nitrogens is 4. The van der Waals surface area contributed by atoms with Gasteiger partial charge in [0, 0.05) is 44.7 Å². The molecule has 31 heavy (non-hydrogen) atoms. The van der Waals surface area contributed by atoms with Gasteiger partial charge in [-0.25, -0.2) is 9.67 Å². The first-order valence-corrected chi connectivity index (χ1v) is 11.0. The second kappa shape index (κ2) is 7.73. The fourth-order valence-corrected chi connectivity index (χ4v) is 5.45. The summed E-state index contributed by atoms with van der Waals surface area (Å²) >= 11 is 1.43. The Morgan fingerprint density at radius 2 is 2.03 bits per heavy atom. The van der Waals surface area contributed by atoms with Gasteiger partial charge in [-0.3, -0.25) is 9.59 Å². The highest BCUT2D eigenvalue weighted by molar-refractivity contribution is 7.20. The molecule has 0 N–H and O–H groups in total. The number of thiophene rings is 1. The van der Waals surface area contributed by atoms with Crippen LogP contribution in [0.3, 0.4) is 0 Å². The smallest absolute Gasteiger partial charge is 0.263 e. The van der Waals surface area contributed by atoms with Gasteiger partial charge in [0.05, 0.1) is 10.4 Å². The van der Waals surface area contributed by atoms with E-state index in [9.17, 15) is 9.59 Å². The monoisotopic (exact) mass is 434 g/mol. The Hall–Kier alpha value is -3.33. The largest absolute Gasteiger partial charge is 0.344 e. The van der Waals surface area contributed by atoms with Gasteiger partial charge in [-0.2, -0.15) is 0 Å². The molecule has 1 atom stereocenters. The molecule has 0 aliphatic carbocycles. The van der Waals surface area contributed by atoms with Crippen molar-refractivity contribution >= 4 is 44.4 Å². The third-order valence-electron chi connectivity index (χ3n) is 5.76. The van der Waals surface area contributed by atoms with E-state index in [-0.39, 0.29) is 24.3 Å². The summed E-state index contributed by atoms with van der Waals surface area (Å²) in [5.74, 6) is 0.0986. The maximum atomic E-state index is 13.0. The molecule has 0 saturated carbocycles. The SMILES string of the molecule is CN(C)C(=O)c1sc2ncccc2c1C1CCN(C(=O)Cn2nnc3ccccc32)C1. The Balaban J connectivity index is 1.40. The summed E-state index contributed by atoms with van der Waals surface area (Å²) in [5, 5.41) is 9.28. The summed E-state index contributed by atoms with van der Waals surface area (Å²) in [6.07, 6.45) is 2.57. The third-order valence-corrected chi connectivity index (χ3v) is 6.88. The molecule has 1 aliphatic rings. The van der Waals surface area contributed by atoms with E-state index in [2.05, 4.69) is 15.3 Å². The lowest BCUT2D eigenvalue weighted by molar-refractivity contribution is -0.130. The van der Waals surface area contributed by atoms with Crippen molar-refractivity contribution in [3.63, 3.8) is 0 Å². The summed E-state index contributed by atoms with van der Waals surface area (Å²) < 4.78 is 1.65. The molecule has 4 heterocycles. The second-order valence-corrected chi connectivity index (χ2v) is 8.96. The number of amides is 2. The van der Waals surface area contributed by atoms with Crippen LogP contribution in [-0.4, -0.2) is 68.8 Å². The van der Waals surface area contributed by atoms with Crippen LogP contribution < -0.4 is 0 Å². The Kier molecular flexibility index (Phi) is 4.90. The topological polar surface area (TPSA) is 84.2 Å². The minimum Gasteiger partial charge on any atom is -0.344 e. The number of fused-ring (bicyclic) bond motifs is 2. The van der Waals surface area contributed by atoms with Gasteiger partial charge in [0.25, 0.3) is 5.91 Å². The summed E-state index contributed by atoms with van der Waals surface area (Å²) in [5.41, 5.74) is 2.65. The first-order valence-electron chi connectivity index (χ1n) is 10.2. The Labute approximate surface area is 183 Å². The first-order chi connectivity index (χ1) is 15.0. The summed E-state index contributed by atoms with van der Waals surface area (Å²) in [6.45, 7) is 1.39. The molecule has 1 fully saturated rings. The maximum Gasteiger partial charge on any atom is 0.263 e. The zero-order chi connectivity index (χ0) is 21.5. The van der Waals surface area contributed by atoms with Crippen molar-refractivity contribution in [3.8, 4) is 0 Å². The summed E-state index contributed by atoms with van der Waals surface area (Å²) in [6, 6.07) is 11.5. The zero-order valence-electron chi connectivity index (χ0n) is 17.4. The fourth-order valence-electron chi connectivity index (χ4n) is 4.20. The molecule has 0 radical (unpaired) electrons. The summed E-state index contributed by atoms with van der Waals surface area (Å²) in [4.78, 5) is 35.4. The van der Waals surface area contributed by atoms with Crippen LogP contribution in [0.2, 0.25) is 0 Å². The fraction of sp³-hybridized carbons (Fsp3) is 0.318. The number of nitrogens with zero attached hydrogens (tertiary/aromatic N) is 6. The lowest BCUT2D eigenvalue weighted by atomic mass is 9.95. The summed E-state index contributed by atoms with van der Waals surface area (Å²) in [7, 11) is 3.52.